The van der Waals surface area contributed by atoms with E-state index in [9.17, 15) is 0 Å². The van der Waals surface area contributed by atoms with Gasteiger partial charge in [0.15, 0.2) is 0 Å². The Balaban J connectivity index is 3.08. The van der Waals surface area contributed by atoms with Crippen molar-refractivity contribution in [2.45, 2.75) is 19.4 Å². The normalized spacial score (nSPS) is 12.6. The second kappa shape index (κ2) is 5.01. The van der Waals surface area contributed by atoms with Crippen molar-refractivity contribution in [1.29, 1.82) is 0 Å². The topological polar surface area (TPSA) is 35.2 Å². The number of benzene rings is 1. The van der Waals surface area contributed by atoms with Gasteiger partial charge in [0.05, 0.1) is 11.6 Å². The third-order valence-corrected chi connectivity index (χ3v) is 2.96. The van der Waals surface area contributed by atoms with E-state index in [4.69, 9.17) is 22.1 Å². The number of hydrogen-bond acceptors (Lipinski definition) is 2. The van der Waals surface area contributed by atoms with Crippen molar-refractivity contribution in [2.24, 2.45) is 5.73 Å². The van der Waals surface area contributed by atoms with Crippen LogP contribution in [-0.4, -0.2) is 13.2 Å². The maximum atomic E-state index is 5.94. The molecule has 0 heterocycles. The van der Waals surface area contributed by atoms with Gasteiger partial charge in [-0.1, -0.05) is 11.6 Å². The Morgan fingerprint density at radius 1 is 1.57 bits per heavy atom. The molecule has 4 heteroatoms. The maximum absolute atomic E-state index is 5.94. The Hall–Kier alpha value is -0.250. The number of nitrogens with two attached hydrogens (primary N) is 1. The van der Waals surface area contributed by atoms with E-state index < -0.39 is 0 Å². The van der Waals surface area contributed by atoms with Crippen LogP contribution in [0.15, 0.2) is 16.6 Å². The quantitative estimate of drug-likeness (QED) is 0.922. The van der Waals surface area contributed by atoms with Crippen LogP contribution in [0, 0.1) is 0 Å². The lowest BCUT2D eigenvalue weighted by Crippen LogP contribution is -2.18. The molecular formula is C10H13BrClNO. The summed E-state index contributed by atoms with van der Waals surface area (Å²) in [6, 6.07) is 3.78. The molecule has 78 valence electrons. The van der Waals surface area contributed by atoms with Crippen LogP contribution in [0.2, 0.25) is 5.02 Å². The van der Waals surface area contributed by atoms with Gasteiger partial charge in [-0.3, -0.25) is 0 Å². The summed E-state index contributed by atoms with van der Waals surface area (Å²) in [7, 11) is 1.62. The van der Waals surface area contributed by atoms with E-state index >= 15 is 0 Å². The van der Waals surface area contributed by atoms with Crippen LogP contribution in [0.4, 0.5) is 0 Å². The van der Waals surface area contributed by atoms with Crippen LogP contribution >= 0.6 is 27.5 Å². The summed E-state index contributed by atoms with van der Waals surface area (Å²) in [4.78, 5) is 0. The summed E-state index contributed by atoms with van der Waals surface area (Å²) >= 11 is 9.41. The first-order chi connectivity index (χ1) is 6.54. The molecule has 0 amide bonds. The molecule has 14 heavy (non-hydrogen) atoms. The molecule has 1 aromatic rings. The predicted octanol–water partition coefficient (Wildman–Crippen LogP) is 3.00. The van der Waals surface area contributed by atoms with Crippen molar-refractivity contribution in [3.8, 4) is 5.75 Å². The standard InChI is InChI=1S/C10H13BrClNO/c1-6(13)3-7-4-8(12)5-9(14-2)10(7)11/h4-6H,3,13H2,1-2H3. The highest BCUT2D eigenvalue weighted by atomic mass is 79.9. The molecule has 2 nitrogen and oxygen atoms in total. The second-order valence-corrected chi connectivity index (χ2v) is 4.49. The zero-order valence-corrected chi connectivity index (χ0v) is 10.5. The molecule has 0 aliphatic carbocycles. The first-order valence-electron chi connectivity index (χ1n) is 4.32. The third kappa shape index (κ3) is 2.87. The third-order valence-electron chi connectivity index (χ3n) is 1.84. The predicted molar refractivity (Wildman–Crippen MR) is 63.1 cm³/mol. The molecule has 0 saturated heterocycles. The van der Waals surface area contributed by atoms with E-state index in [-0.39, 0.29) is 6.04 Å². The first-order valence-corrected chi connectivity index (χ1v) is 5.49. The fourth-order valence-corrected chi connectivity index (χ4v) is 2.05. The lowest BCUT2D eigenvalue weighted by molar-refractivity contribution is 0.411. The number of hydrogen-bond donors (Lipinski definition) is 1. The summed E-state index contributed by atoms with van der Waals surface area (Å²) in [6.45, 7) is 1.96. The minimum atomic E-state index is 0.106. The monoisotopic (exact) mass is 277 g/mol. The minimum absolute atomic E-state index is 0.106. The Bertz CT molecular complexity index is 328. The average Bonchev–Trinajstić information content (AvgIpc) is 2.09. The SMILES string of the molecule is COc1cc(Cl)cc(CC(C)N)c1Br. The van der Waals surface area contributed by atoms with E-state index in [0.29, 0.717) is 5.02 Å². The van der Waals surface area contributed by atoms with E-state index in [1.54, 1.807) is 13.2 Å². The van der Waals surface area contributed by atoms with Crippen LogP contribution in [0.5, 0.6) is 5.75 Å². The Morgan fingerprint density at radius 2 is 2.21 bits per heavy atom. The lowest BCUT2D eigenvalue weighted by Gasteiger charge is -2.11. The average molecular weight is 279 g/mol. The largest absolute Gasteiger partial charge is 0.496 e. The molecule has 0 spiro atoms. The van der Waals surface area contributed by atoms with Gasteiger partial charge in [-0.05, 0) is 47.0 Å². The van der Waals surface area contributed by atoms with Gasteiger partial charge in [0, 0.05) is 11.1 Å². The molecule has 1 aromatic carbocycles. The van der Waals surface area contributed by atoms with E-state index in [1.807, 2.05) is 13.0 Å². The van der Waals surface area contributed by atoms with Crippen molar-refractivity contribution in [2.75, 3.05) is 7.11 Å². The van der Waals surface area contributed by atoms with Gasteiger partial charge >= 0.3 is 0 Å². The Labute approximate surface area is 97.5 Å². The molecular weight excluding hydrogens is 265 g/mol. The summed E-state index contributed by atoms with van der Waals surface area (Å²) in [6.07, 6.45) is 0.775. The van der Waals surface area contributed by atoms with Crippen LogP contribution in [0.1, 0.15) is 12.5 Å². The van der Waals surface area contributed by atoms with E-state index in [1.165, 1.54) is 0 Å². The number of methoxy groups -OCH3 is 1. The fourth-order valence-electron chi connectivity index (χ4n) is 1.26. The lowest BCUT2D eigenvalue weighted by atomic mass is 10.1. The molecule has 0 bridgehead atoms. The van der Waals surface area contributed by atoms with Crippen LogP contribution < -0.4 is 10.5 Å². The summed E-state index contributed by atoms with van der Waals surface area (Å²) in [5.41, 5.74) is 6.80. The zero-order valence-electron chi connectivity index (χ0n) is 8.18. The van der Waals surface area contributed by atoms with E-state index in [0.717, 1.165) is 22.2 Å². The summed E-state index contributed by atoms with van der Waals surface area (Å²) in [5.74, 6) is 0.744. The molecule has 0 radical (unpaired) electrons. The van der Waals surface area contributed by atoms with Crippen molar-refractivity contribution < 1.29 is 4.74 Å². The number of halogens is 2. The Morgan fingerprint density at radius 3 is 2.71 bits per heavy atom. The summed E-state index contributed by atoms with van der Waals surface area (Å²) in [5, 5.41) is 0.667. The fraction of sp³-hybridized carbons (Fsp3) is 0.400. The van der Waals surface area contributed by atoms with Gasteiger partial charge in [-0.15, -0.1) is 0 Å². The van der Waals surface area contributed by atoms with Gasteiger partial charge in [-0.25, -0.2) is 0 Å². The highest BCUT2D eigenvalue weighted by Crippen LogP contribution is 2.32. The van der Waals surface area contributed by atoms with Crippen LogP contribution in [-0.2, 0) is 6.42 Å². The minimum Gasteiger partial charge on any atom is -0.496 e. The van der Waals surface area contributed by atoms with Crippen molar-refractivity contribution in [3.63, 3.8) is 0 Å². The second-order valence-electron chi connectivity index (χ2n) is 3.26. The molecule has 0 aliphatic heterocycles. The Kier molecular flexibility index (Phi) is 4.23. The molecule has 2 N–H and O–H groups in total. The molecule has 1 atom stereocenters. The number of rotatable bonds is 3. The van der Waals surface area contributed by atoms with E-state index in [2.05, 4.69) is 15.9 Å². The molecule has 0 aromatic heterocycles. The molecule has 1 rings (SSSR count). The van der Waals surface area contributed by atoms with Crippen LogP contribution in [0.3, 0.4) is 0 Å². The molecule has 1 unspecified atom stereocenters. The zero-order chi connectivity index (χ0) is 10.7. The molecule has 0 saturated carbocycles. The smallest absolute Gasteiger partial charge is 0.134 e. The van der Waals surface area contributed by atoms with Crippen LogP contribution in [0.25, 0.3) is 0 Å². The van der Waals surface area contributed by atoms with Gasteiger partial charge in [0.1, 0.15) is 5.75 Å². The van der Waals surface area contributed by atoms with Crippen molar-refractivity contribution in [3.05, 3.63) is 27.2 Å². The highest BCUT2D eigenvalue weighted by Gasteiger charge is 2.09. The van der Waals surface area contributed by atoms with Crippen molar-refractivity contribution >= 4 is 27.5 Å². The molecule has 0 aliphatic rings. The van der Waals surface area contributed by atoms with Gasteiger partial charge < -0.3 is 10.5 Å². The summed E-state index contributed by atoms with van der Waals surface area (Å²) < 4.78 is 6.11. The first kappa shape index (κ1) is 11.8. The van der Waals surface area contributed by atoms with Gasteiger partial charge in [0.25, 0.3) is 0 Å². The van der Waals surface area contributed by atoms with Crippen molar-refractivity contribution in [1.82, 2.24) is 0 Å². The van der Waals surface area contributed by atoms with Gasteiger partial charge in [-0.2, -0.15) is 0 Å². The highest BCUT2D eigenvalue weighted by molar-refractivity contribution is 9.10. The molecule has 0 fully saturated rings. The number of ether oxygens (including phenoxy) is 1. The van der Waals surface area contributed by atoms with Gasteiger partial charge in [0.2, 0.25) is 0 Å². The maximum Gasteiger partial charge on any atom is 0.134 e.